The maximum absolute atomic E-state index is 5.66. The zero-order valence-corrected chi connectivity index (χ0v) is 13.1. The normalized spacial score (nSPS) is 13.1. The van der Waals surface area contributed by atoms with Gasteiger partial charge in [0.1, 0.15) is 11.5 Å². The topological polar surface area (TPSA) is 43.0 Å². The quantitative estimate of drug-likeness (QED) is 0.876. The van der Waals surface area contributed by atoms with Crippen LogP contribution in [0.3, 0.4) is 0 Å². The van der Waals surface area contributed by atoms with Gasteiger partial charge in [0.25, 0.3) is 0 Å². The van der Waals surface area contributed by atoms with Crippen LogP contribution in [0.15, 0.2) is 22.7 Å². The zero-order chi connectivity index (χ0) is 14.7. The standard InChI is InChI=1S/C16H25N3O/c1-6-17-16(15-9-12(4)20-13(15)5)10-14-7-8-19(18-14)11(2)3/h7-9,11,16-17H,6,10H2,1-5H3. The Hall–Kier alpha value is -1.55. The minimum atomic E-state index is 0.257. The number of likely N-dealkylation sites (N-methyl/N-ethyl adjacent to an activating group) is 1. The van der Waals surface area contributed by atoms with Crippen molar-refractivity contribution in [1.29, 1.82) is 0 Å². The minimum Gasteiger partial charge on any atom is -0.466 e. The Morgan fingerprint density at radius 2 is 2.10 bits per heavy atom. The second-order valence-corrected chi connectivity index (χ2v) is 5.56. The molecule has 4 heteroatoms. The number of aryl methyl sites for hydroxylation is 2. The first-order chi connectivity index (χ1) is 9.51. The molecule has 4 nitrogen and oxygen atoms in total. The van der Waals surface area contributed by atoms with E-state index in [1.807, 2.05) is 18.5 Å². The smallest absolute Gasteiger partial charge is 0.105 e. The molecule has 20 heavy (non-hydrogen) atoms. The molecule has 0 aromatic carbocycles. The molecule has 0 bridgehead atoms. The minimum absolute atomic E-state index is 0.257. The van der Waals surface area contributed by atoms with Crippen molar-refractivity contribution in [2.24, 2.45) is 0 Å². The highest BCUT2D eigenvalue weighted by molar-refractivity contribution is 5.25. The van der Waals surface area contributed by atoms with Gasteiger partial charge in [-0.3, -0.25) is 4.68 Å². The highest BCUT2D eigenvalue weighted by Gasteiger charge is 2.18. The van der Waals surface area contributed by atoms with Gasteiger partial charge in [-0.25, -0.2) is 0 Å². The van der Waals surface area contributed by atoms with E-state index in [2.05, 4.69) is 49.5 Å². The average molecular weight is 275 g/mol. The van der Waals surface area contributed by atoms with Crippen LogP contribution < -0.4 is 5.32 Å². The van der Waals surface area contributed by atoms with Gasteiger partial charge in [0, 0.05) is 30.3 Å². The number of furan rings is 1. The summed E-state index contributed by atoms with van der Waals surface area (Å²) in [4.78, 5) is 0. The maximum atomic E-state index is 5.66. The van der Waals surface area contributed by atoms with Crippen LogP contribution in [-0.2, 0) is 6.42 Å². The molecule has 0 saturated heterocycles. The van der Waals surface area contributed by atoms with Crippen molar-refractivity contribution >= 4 is 0 Å². The molecule has 0 aliphatic heterocycles. The Bertz CT molecular complexity index is 554. The van der Waals surface area contributed by atoms with Crippen molar-refractivity contribution in [2.75, 3.05) is 6.54 Å². The van der Waals surface area contributed by atoms with Gasteiger partial charge >= 0.3 is 0 Å². The van der Waals surface area contributed by atoms with Crippen LogP contribution in [0.2, 0.25) is 0 Å². The van der Waals surface area contributed by atoms with Crippen LogP contribution in [-0.4, -0.2) is 16.3 Å². The van der Waals surface area contributed by atoms with Crippen LogP contribution in [0.25, 0.3) is 0 Å². The summed E-state index contributed by atoms with van der Waals surface area (Å²) in [5.41, 5.74) is 2.35. The lowest BCUT2D eigenvalue weighted by atomic mass is 10.0. The third-order valence-electron chi connectivity index (χ3n) is 3.51. The van der Waals surface area contributed by atoms with Crippen molar-refractivity contribution in [2.45, 2.75) is 53.1 Å². The lowest BCUT2D eigenvalue weighted by Crippen LogP contribution is -2.23. The lowest BCUT2D eigenvalue weighted by Gasteiger charge is -2.16. The maximum Gasteiger partial charge on any atom is 0.105 e. The van der Waals surface area contributed by atoms with E-state index in [1.54, 1.807) is 0 Å². The Morgan fingerprint density at radius 3 is 2.60 bits per heavy atom. The van der Waals surface area contributed by atoms with E-state index in [1.165, 1.54) is 5.56 Å². The van der Waals surface area contributed by atoms with E-state index >= 15 is 0 Å². The summed E-state index contributed by atoms with van der Waals surface area (Å²) in [7, 11) is 0. The first-order valence-corrected chi connectivity index (χ1v) is 7.35. The Morgan fingerprint density at radius 1 is 1.35 bits per heavy atom. The molecule has 1 N–H and O–H groups in total. The summed E-state index contributed by atoms with van der Waals surface area (Å²) in [6.45, 7) is 11.4. The fourth-order valence-corrected chi connectivity index (χ4v) is 2.52. The third kappa shape index (κ3) is 3.31. The van der Waals surface area contributed by atoms with Gasteiger partial charge < -0.3 is 9.73 Å². The first kappa shape index (κ1) is 14.9. The average Bonchev–Trinajstić information content (AvgIpc) is 2.95. The highest BCUT2D eigenvalue weighted by atomic mass is 16.3. The second kappa shape index (κ2) is 6.27. The van der Waals surface area contributed by atoms with Gasteiger partial charge in [-0.05, 0) is 46.4 Å². The lowest BCUT2D eigenvalue weighted by molar-refractivity contribution is 0.479. The predicted molar refractivity (Wildman–Crippen MR) is 80.9 cm³/mol. The fraction of sp³-hybridized carbons (Fsp3) is 0.562. The number of rotatable bonds is 6. The van der Waals surface area contributed by atoms with Crippen LogP contribution in [0.4, 0.5) is 0 Å². The van der Waals surface area contributed by atoms with Gasteiger partial charge in [-0.15, -0.1) is 0 Å². The van der Waals surface area contributed by atoms with E-state index in [9.17, 15) is 0 Å². The Labute approximate surface area is 121 Å². The molecule has 0 aliphatic carbocycles. The van der Waals surface area contributed by atoms with Crippen molar-refractivity contribution < 1.29 is 4.42 Å². The number of nitrogens with one attached hydrogen (secondary N) is 1. The van der Waals surface area contributed by atoms with E-state index < -0.39 is 0 Å². The Kier molecular flexibility index (Phi) is 4.65. The molecule has 0 amide bonds. The van der Waals surface area contributed by atoms with E-state index in [0.29, 0.717) is 6.04 Å². The molecule has 0 fully saturated rings. The van der Waals surface area contributed by atoms with Crippen molar-refractivity contribution in [3.05, 3.63) is 41.1 Å². The SMILES string of the molecule is CCNC(Cc1ccn(C(C)C)n1)c1cc(C)oc1C. The van der Waals surface area contributed by atoms with Crippen LogP contribution >= 0.6 is 0 Å². The molecule has 2 aromatic heterocycles. The molecule has 0 aliphatic rings. The molecule has 2 heterocycles. The van der Waals surface area contributed by atoms with Crippen LogP contribution in [0, 0.1) is 13.8 Å². The Balaban J connectivity index is 2.18. The van der Waals surface area contributed by atoms with Gasteiger partial charge in [-0.1, -0.05) is 6.92 Å². The summed E-state index contributed by atoms with van der Waals surface area (Å²) in [5, 5.41) is 8.17. The van der Waals surface area contributed by atoms with E-state index in [-0.39, 0.29) is 6.04 Å². The largest absolute Gasteiger partial charge is 0.466 e. The predicted octanol–water partition coefficient (Wildman–Crippen LogP) is 3.57. The summed E-state index contributed by atoms with van der Waals surface area (Å²) in [5.74, 6) is 1.96. The number of nitrogens with zero attached hydrogens (tertiary/aromatic N) is 2. The third-order valence-corrected chi connectivity index (χ3v) is 3.51. The van der Waals surface area contributed by atoms with E-state index in [0.717, 1.165) is 30.2 Å². The first-order valence-electron chi connectivity index (χ1n) is 7.35. The van der Waals surface area contributed by atoms with Gasteiger partial charge in [0.15, 0.2) is 0 Å². The molecular formula is C16H25N3O. The molecule has 110 valence electrons. The summed E-state index contributed by atoms with van der Waals surface area (Å²) in [6.07, 6.45) is 2.93. The van der Waals surface area contributed by atoms with Crippen molar-refractivity contribution in [3.63, 3.8) is 0 Å². The molecule has 0 spiro atoms. The summed E-state index contributed by atoms with van der Waals surface area (Å²) < 4.78 is 7.66. The molecular weight excluding hydrogens is 250 g/mol. The molecule has 0 radical (unpaired) electrons. The number of hydrogen-bond acceptors (Lipinski definition) is 3. The summed E-state index contributed by atoms with van der Waals surface area (Å²) in [6, 6.07) is 4.89. The molecule has 1 unspecified atom stereocenters. The number of hydrogen-bond donors (Lipinski definition) is 1. The van der Waals surface area contributed by atoms with Crippen LogP contribution in [0.1, 0.15) is 55.6 Å². The van der Waals surface area contributed by atoms with Gasteiger partial charge in [0.2, 0.25) is 0 Å². The summed E-state index contributed by atoms with van der Waals surface area (Å²) >= 11 is 0. The monoisotopic (exact) mass is 275 g/mol. The second-order valence-electron chi connectivity index (χ2n) is 5.56. The van der Waals surface area contributed by atoms with Gasteiger partial charge in [0.05, 0.1) is 5.69 Å². The van der Waals surface area contributed by atoms with Gasteiger partial charge in [-0.2, -0.15) is 5.10 Å². The number of aromatic nitrogens is 2. The molecule has 1 atom stereocenters. The highest BCUT2D eigenvalue weighted by Crippen LogP contribution is 2.24. The molecule has 2 rings (SSSR count). The zero-order valence-electron chi connectivity index (χ0n) is 13.1. The van der Waals surface area contributed by atoms with Crippen LogP contribution in [0.5, 0.6) is 0 Å². The fourth-order valence-electron chi connectivity index (χ4n) is 2.52. The molecule has 2 aromatic rings. The van der Waals surface area contributed by atoms with Crippen molar-refractivity contribution in [1.82, 2.24) is 15.1 Å². The molecule has 0 saturated carbocycles. The van der Waals surface area contributed by atoms with E-state index in [4.69, 9.17) is 4.42 Å². The van der Waals surface area contributed by atoms with Crippen molar-refractivity contribution in [3.8, 4) is 0 Å².